The highest BCUT2D eigenvalue weighted by Crippen LogP contribution is 1.83. The Balaban J connectivity index is 3.66. The van der Waals surface area contributed by atoms with Crippen molar-refractivity contribution in [3.8, 4) is 0 Å². The van der Waals surface area contributed by atoms with Gasteiger partial charge in [0.05, 0.1) is 0 Å². The third-order valence-electron chi connectivity index (χ3n) is 0.955. The van der Waals surface area contributed by atoms with E-state index in [2.05, 4.69) is 4.98 Å². The normalized spacial score (nSPS) is 9.70. The first-order valence-corrected chi connectivity index (χ1v) is 2.73. The number of aromatic nitrogens is 2. The maximum Gasteiger partial charge on any atom is 0.343 e. The fourth-order valence-corrected chi connectivity index (χ4v) is 0.610. The molecule has 10 heavy (non-hydrogen) atoms. The van der Waals surface area contributed by atoms with Crippen molar-refractivity contribution in [1.29, 1.82) is 0 Å². The smallest absolute Gasteiger partial charge is 0.343 e. The quantitative estimate of drug-likeness (QED) is 0.519. The molecule has 6 heteroatoms. The summed E-state index contributed by atoms with van der Waals surface area (Å²) in [6.07, 6.45) is 1.10. The second kappa shape index (κ2) is 2.18. The van der Waals surface area contributed by atoms with Crippen molar-refractivity contribution >= 4 is 17.5 Å². The van der Waals surface area contributed by atoms with Crippen LogP contribution >= 0.6 is 11.8 Å². The van der Waals surface area contributed by atoms with Gasteiger partial charge in [-0.25, -0.2) is 4.79 Å². The van der Waals surface area contributed by atoms with Crippen molar-refractivity contribution in [3.63, 3.8) is 0 Å². The molecule has 0 saturated heterocycles. The minimum absolute atomic E-state index is 0.0883. The molecule has 0 saturated carbocycles. The van der Waals surface area contributed by atoms with E-state index in [1.807, 2.05) is 0 Å². The van der Waals surface area contributed by atoms with Gasteiger partial charge in [-0.1, -0.05) is 0 Å². The Hall–Kier alpha value is -1.23. The molecule has 0 spiro atoms. The molecule has 0 aliphatic rings. The second-order valence-corrected chi connectivity index (χ2v) is 1.97. The van der Waals surface area contributed by atoms with Crippen LogP contribution in [-0.2, 0) is 0 Å². The summed E-state index contributed by atoms with van der Waals surface area (Å²) in [6.45, 7) is 0. The van der Waals surface area contributed by atoms with Crippen molar-refractivity contribution in [2.75, 3.05) is 5.73 Å². The number of nitrogens with one attached hydrogen (secondary N) is 1. The molecule has 0 fully saturated rings. The summed E-state index contributed by atoms with van der Waals surface area (Å²) in [4.78, 5) is 23.3. The molecule has 0 atom stereocenters. The third-order valence-corrected chi connectivity index (χ3v) is 1.26. The van der Waals surface area contributed by atoms with E-state index in [1.54, 1.807) is 0 Å². The van der Waals surface area contributed by atoms with Gasteiger partial charge in [-0.15, -0.1) is 0 Å². The molecule has 0 bridgehead atoms. The molecule has 0 amide bonds. The van der Waals surface area contributed by atoms with Crippen LogP contribution in [0.5, 0.6) is 0 Å². The zero-order valence-electron chi connectivity index (χ0n) is 4.80. The maximum atomic E-state index is 10.7. The van der Waals surface area contributed by atoms with E-state index < -0.39 is 11.2 Å². The number of nitrogen functional groups attached to an aromatic ring is 1. The molecule has 0 unspecified atom stereocenters. The van der Waals surface area contributed by atoms with Gasteiger partial charge in [0.15, 0.2) is 0 Å². The van der Waals surface area contributed by atoms with Gasteiger partial charge in [-0.2, -0.15) is 4.09 Å². The number of nitrogens with two attached hydrogens (primary N) is 1. The van der Waals surface area contributed by atoms with Gasteiger partial charge in [0.25, 0.3) is 5.56 Å². The molecule has 1 rings (SSSR count). The van der Waals surface area contributed by atoms with Crippen LogP contribution in [0.3, 0.4) is 0 Å². The van der Waals surface area contributed by atoms with E-state index in [0.717, 1.165) is 6.20 Å². The van der Waals surface area contributed by atoms with E-state index >= 15 is 0 Å². The summed E-state index contributed by atoms with van der Waals surface area (Å²) in [5, 5.41) is 0. The monoisotopic (exact) mass is 161 g/mol. The molecule has 0 aromatic carbocycles. The summed E-state index contributed by atoms with van der Waals surface area (Å²) in [7, 11) is 0. The largest absolute Gasteiger partial charge is 0.393 e. The fourth-order valence-electron chi connectivity index (χ4n) is 0.463. The lowest BCUT2D eigenvalue weighted by Crippen LogP contribution is -2.30. The molecule has 0 aliphatic heterocycles. The predicted octanol–water partition coefficient (Wildman–Crippen LogP) is -0.879. The SMILES string of the molecule is Nc1c[nH]c(=O)n(Cl)c1=O. The van der Waals surface area contributed by atoms with Crippen LogP contribution < -0.4 is 17.0 Å². The topological polar surface area (TPSA) is 80.9 Å². The molecular weight excluding hydrogens is 158 g/mol. The summed E-state index contributed by atoms with van der Waals surface area (Å²) < 4.78 is 0.384. The number of anilines is 1. The average molecular weight is 162 g/mol. The van der Waals surface area contributed by atoms with Gasteiger partial charge in [0, 0.05) is 18.0 Å². The lowest BCUT2D eigenvalue weighted by molar-refractivity contribution is 0.972. The molecule has 1 heterocycles. The van der Waals surface area contributed by atoms with Crippen LogP contribution in [0.25, 0.3) is 0 Å². The Morgan fingerprint density at radius 3 is 2.70 bits per heavy atom. The van der Waals surface area contributed by atoms with E-state index in [4.69, 9.17) is 17.5 Å². The van der Waals surface area contributed by atoms with Crippen LogP contribution in [0.1, 0.15) is 0 Å². The van der Waals surface area contributed by atoms with Crippen molar-refractivity contribution in [3.05, 3.63) is 27.0 Å². The molecule has 1 aromatic heterocycles. The summed E-state index contributed by atoms with van der Waals surface area (Å²) in [5.41, 5.74) is 3.62. The Morgan fingerprint density at radius 1 is 1.60 bits per heavy atom. The second-order valence-electron chi connectivity index (χ2n) is 1.64. The van der Waals surface area contributed by atoms with Gasteiger partial charge in [-0.3, -0.25) is 4.79 Å². The lowest BCUT2D eigenvalue weighted by atomic mass is 10.6. The van der Waals surface area contributed by atoms with Gasteiger partial charge < -0.3 is 10.7 Å². The molecule has 3 N–H and O–H groups in total. The zero-order chi connectivity index (χ0) is 7.72. The van der Waals surface area contributed by atoms with Gasteiger partial charge in [0.2, 0.25) is 0 Å². The molecular formula is C4H4ClN3O2. The summed E-state index contributed by atoms with van der Waals surface area (Å²) >= 11 is 5.16. The minimum atomic E-state index is -0.703. The number of rotatable bonds is 0. The lowest BCUT2D eigenvalue weighted by Gasteiger charge is -1.91. The number of H-pyrrole nitrogens is 1. The van der Waals surface area contributed by atoms with Crippen LogP contribution in [0, 0.1) is 0 Å². The van der Waals surface area contributed by atoms with Gasteiger partial charge in [0.1, 0.15) is 5.69 Å². The highest BCUT2D eigenvalue weighted by atomic mass is 35.5. The van der Waals surface area contributed by atoms with Crippen molar-refractivity contribution < 1.29 is 0 Å². The predicted molar refractivity (Wildman–Crippen MR) is 37.0 cm³/mol. The van der Waals surface area contributed by atoms with Crippen LogP contribution in [0.15, 0.2) is 15.8 Å². The van der Waals surface area contributed by atoms with E-state index in [0.29, 0.717) is 4.09 Å². The first-order chi connectivity index (χ1) is 4.63. The standard InChI is InChI=1S/C4H4ClN3O2/c5-8-3(9)2(6)1-7-4(8)10/h1H,6H2,(H,7,10). The average Bonchev–Trinajstić information content (AvgIpc) is 1.93. The van der Waals surface area contributed by atoms with Crippen molar-refractivity contribution in [2.45, 2.75) is 0 Å². The van der Waals surface area contributed by atoms with E-state index in [-0.39, 0.29) is 5.69 Å². The number of halogens is 1. The highest BCUT2D eigenvalue weighted by Gasteiger charge is 1.99. The first-order valence-electron chi connectivity index (χ1n) is 2.39. The van der Waals surface area contributed by atoms with Crippen LogP contribution in [0.4, 0.5) is 5.69 Å². The molecule has 0 radical (unpaired) electrons. The Labute approximate surface area is 60.2 Å². The number of aromatic amines is 1. The van der Waals surface area contributed by atoms with Gasteiger partial charge in [-0.05, 0) is 0 Å². The van der Waals surface area contributed by atoms with E-state index in [9.17, 15) is 9.59 Å². The van der Waals surface area contributed by atoms with Crippen LogP contribution in [0.2, 0.25) is 0 Å². The summed E-state index contributed by atoms with van der Waals surface area (Å²) in [6, 6.07) is 0. The van der Waals surface area contributed by atoms with Crippen LogP contribution in [-0.4, -0.2) is 9.07 Å². The Morgan fingerprint density at radius 2 is 2.20 bits per heavy atom. The molecule has 5 nitrogen and oxygen atoms in total. The number of hydrogen-bond acceptors (Lipinski definition) is 3. The minimum Gasteiger partial charge on any atom is -0.393 e. The highest BCUT2D eigenvalue weighted by molar-refractivity contribution is 6.15. The maximum absolute atomic E-state index is 10.7. The summed E-state index contributed by atoms with van der Waals surface area (Å²) in [5.74, 6) is 0. The fraction of sp³-hybridized carbons (Fsp3) is 0. The van der Waals surface area contributed by atoms with E-state index in [1.165, 1.54) is 0 Å². The Kier molecular flexibility index (Phi) is 1.50. The Bertz CT molecular complexity index is 352. The zero-order valence-corrected chi connectivity index (χ0v) is 5.55. The number of hydrogen-bond donors (Lipinski definition) is 2. The van der Waals surface area contributed by atoms with Crippen molar-refractivity contribution in [2.24, 2.45) is 0 Å². The van der Waals surface area contributed by atoms with Gasteiger partial charge >= 0.3 is 5.69 Å². The third kappa shape index (κ3) is 0.906. The molecule has 0 aliphatic carbocycles. The molecule has 54 valence electrons. The molecule has 1 aromatic rings. The number of nitrogens with zero attached hydrogens (tertiary/aromatic N) is 1. The first kappa shape index (κ1) is 6.88. The van der Waals surface area contributed by atoms with Crippen molar-refractivity contribution in [1.82, 2.24) is 9.07 Å².